The first-order valence-corrected chi connectivity index (χ1v) is 6.74. The summed E-state index contributed by atoms with van der Waals surface area (Å²) < 4.78 is 0. The number of rotatable bonds is 3. The number of carbonyl (C=O) groups is 1. The molecule has 8 nitrogen and oxygen atoms in total. The molecule has 2 unspecified atom stereocenters. The van der Waals surface area contributed by atoms with Crippen molar-refractivity contribution < 1.29 is 30.4 Å². The third-order valence-corrected chi connectivity index (χ3v) is 2.58. The highest BCUT2D eigenvalue weighted by molar-refractivity contribution is 5.62. The van der Waals surface area contributed by atoms with E-state index in [2.05, 4.69) is 0 Å². The van der Waals surface area contributed by atoms with Gasteiger partial charge in [0.1, 0.15) is 12.2 Å². The Kier molecular flexibility index (Phi) is 10.1. The Morgan fingerprint density at radius 2 is 1.12 bits per heavy atom. The van der Waals surface area contributed by atoms with Crippen molar-refractivity contribution in [2.75, 3.05) is 0 Å². The van der Waals surface area contributed by atoms with Crippen LogP contribution in [0.1, 0.15) is 30.3 Å². The first-order chi connectivity index (χ1) is 11.3. The van der Waals surface area contributed by atoms with E-state index in [9.17, 15) is 10.2 Å². The summed E-state index contributed by atoms with van der Waals surface area (Å²) in [7, 11) is 0. The summed E-state index contributed by atoms with van der Waals surface area (Å²) >= 11 is 0. The third-order valence-electron chi connectivity index (χ3n) is 2.58. The van der Waals surface area contributed by atoms with Crippen molar-refractivity contribution in [3.63, 3.8) is 0 Å². The zero-order valence-corrected chi connectivity index (χ0v) is 12.9. The van der Waals surface area contributed by atoms with Gasteiger partial charge in [0.25, 0.3) is 11.1 Å². The van der Waals surface area contributed by atoms with E-state index in [1.165, 1.54) is 0 Å². The molecule has 0 aliphatic heterocycles. The largest absolute Gasteiger partial charge is 0.481 e. The van der Waals surface area contributed by atoms with Crippen molar-refractivity contribution >= 4 is 5.97 Å². The number of hydrogen-bond donors (Lipinski definition) is 4. The first-order valence-electron chi connectivity index (χ1n) is 6.74. The van der Waals surface area contributed by atoms with E-state index in [-0.39, 0.29) is 0 Å². The number of carboxylic acids is 1. The highest BCUT2D eigenvalue weighted by Gasteiger charge is 2.19. The molecule has 24 heavy (non-hydrogen) atoms. The van der Waals surface area contributed by atoms with E-state index in [1.807, 2.05) is 36.4 Å². The summed E-state index contributed by atoms with van der Waals surface area (Å²) in [5.41, 5.74) is 1.44. The molecule has 0 spiro atoms. The third kappa shape index (κ3) is 9.87. The van der Waals surface area contributed by atoms with Crippen LogP contribution in [0.4, 0.5) is 0 Å². The molecule has 0 fully saturated rings. The van der Waals surface area contributed by atoms with E-state index in [0.29, 0.717) is 0 Å². The van der Waals surface area contributed by atoms with Crippen LogP contribution in [-0.4, -0.2) is 31.6 Å². The maximum absolute atomic E-state index is 9.99. The van der Waals surface area contributed by atoms with Crippen LogP contribution in [0.25, 0.3) is 0 Å². The van der Waals surface area contributed by atoms with E-state index in [0.717, 1.165) is 18.1 Å². The Morgan fingerprint density at radius 3 is 1.33 bits per heavy atom. The van der Waals surface area contributed by atoms with Gasteiger partial charge in [-0.2, -0.15) is 0 Å². The lowest BCUT2D eigenvalue weighted by atomic mass is 9.99. The van der Waals surface area contributed by atoms with Crippen LogP contribution in [0, 0.1) is 10.1 Å². The molecule has 0 saturated heterocycles. The Labute approximate surface area is 138 Å². The molecule has 2 aromatic rings. The molecule has 0 aliphatic carbocycles. The fourth-order valence-electron chi connectivity index (χ4n) is 1.67. The molecule has 0 bridgehead atoms. The second-order valence-corrected chi connectivity index (χ2v) is 4.47. The van der Waals surface area contributed by atoms with Gasteiger partial charge in [0.15, 0.2) is 0 Å². The fraction of sp³-hybridized carbons (Fsp3) is 0.188. The number of benzene rings is 2. The van der Waals surface area contributed by atoms with Crippen molar-refractivity contribution in [3.05, 3.63) is 81.9 Å². The summed E-state index contributed by atoms with van der Waals surface area (Å²) in [5.74, 6) is -0.833. The number of nitrogens with zero attached hydrogens (tertiary/aromatic N) is 1. The lowest BCUT2D eigenvalue weighted by molar-refractivity contribution is -0.742. The van der Waals surface area contributed by atoms with Crippen molar-refractivity contribution in [1.82, 2.24) is 0 Å². The summed E-state index contributed by atoms with van der Waals surface area (Å²) in [6.07, 6.45) is -1.77. The maximum atomic E-state index is 9.99. The number of aliphatic hydroxyl groups excluding tert-OH is 2. The second-order valence-electron chi connectivity index (χ2n) is 4.47. The molecule has 130 valence electrons. The van der Waals surface area contributed by atoms with E-state index in [1.54, 1.807) is 24.3 Å². The quantitative estimate of drug-likeness (QED) is 0.497. The Hall–Kier alpha value is -2.97. The average Bonchev–Trinajstić information content (AvgIpc) is 2.54. The summed E-state index contributed by atoms with van der Waals surface area (Å²) in [6.45, 7) is 1.08. The van der Waals surface area contributed by atoms with Crippen LogP contribution in [0.3, 0.4) is 0 Å². The molecule has 0 saturated carbocycles. The van der Waals surface area contributed by atoms with Gasteiger partial charge in [-0.25, -0.2) is 0 Å². The zero-order valence-electron chi connectivity index (χ0n) is 12.9. The predicted molar refractivity (Wildman–Crippen MR) is 84.9 cm³/mol. The molecular weight excluding hydrogens is 318 g/mol. The summed E-state index contributed by atoms with van der Waals surface area (Å²) in [4.78, 5) is 17.4. The van der Waals surface area contributed by atoms with E-state index < -0.39 is 23.3 Å². The fourth-order valence-corrected chi connectivity index (χ4v) is 1.67. The number of carboxylic acid groups (broad SMARTS) is 1. The van der Waals surface area contributed by atoms with Gasteiger partial charge in [-0.1, -0.05) is 60.7 Å². The first kappa shape index (κ1) is 21.0. The van der Waals surface area contributed by atoms with Gasteiger partial charge in [-0.15, -0.1) is 10.1 Å². The SMILES string of the molecule is CC(=O)O.O=[N+]([O-])O.OC(c1ccccc1)C(O)c1ccccc1. The lowest BCUT2D eigenvalue weighted by Crippen LogP contribution is -2.09. The Bertz CT molecular complexity index is 541. The van der Waals surface area contributed by atoms with Gasteiger partial charge in [0, 0.05) is 6.92 Å². The van der Waals surface area contributed by atoms with Gasteiger partial charge in [-0.3, -0.25) is 4.79 Å². The minimum atomic E-state index is -1.50. The minimum Gasteiger partial charge on any atom is -0.481 e. The molecule has 4 N–H and O–H groups in total. The van der Waals surface area contributed by atoms with Crippen molar-refractivity contribution in [2.45, 2.75) is 19.1 Å². The highest BCUT2D eigenvalue weighted by atomic mass is 16.9. The van der Waals surface area contributed by atoms with Crippen LogP contribution in [0.5, 0.6) is 0 Å². The molecule has 0 aliphatic rings. The smallest absolute Gasteiger partial charge is 0.300 e. The highest BCUT2D eigenvalue weighted by Crippen LogP contribution is 2.27. The molecule has 0 amide bonds. The molecule has 2 atom stereocenters. The molecule has 2 aromatic carbocycles. The van der Waals surface area contributed by atoms with Crippen LogP contribution in [0.2, 0.25) is 0 Å². The topological polar surface area (TPSA) is 141 Å². The summed E-state index contributed by atoms with van der Waals surface area (Å²) in [5, 5.41) is 41.0. The normalized spacial score (nSPS) is 11.6. The maximum Gasteiger partial charge on any atom is 0.300 e. The van der Waals surface area contributed by atoms with Crippen molar-refractivity contribution in [2.24, 2.45) is 0 Å². The number of aliphatic carboxylic acids is 1. The monoisotopic (exact) mass is 337 g/mol. The molecular formula is C16H19NO7. The Morgan fingerprint density at radius 1 is 0.917 bits per heavy atom. The van der Waals surface area contributed by atoms with E-state index in [4.69, 9.17) is 25.2 Å². The second kappa shape index (κ2) is 11.6. The number of aliphatic hydroxyl groups is 2. The average molecular weight is 337 g/mol. The van der Waals surface area contributed by atoms with Gasteiger partial charge >= 0.3 is 0 Å². The Balaban J connectivity index is 0.000000558. The zero-order chi connectivity index (χ0) is 18.5. The molecule has 8 heteroatoms. The molecule has 2 rings (SSSR count). The molecule has 0 radical (unpaired) electrons. The lowest BCUT2D eigenvalue weighted by Gasteiger charge is -2.18. The van der Waals surface area contributed by atoms with Gasteiger partial charge in [-0.05, 0) is 11.1 Å². The molecule has 0 heterocycles. The van der Waals surface area contributed by atoms with Gasteiger partial charge in [0.05, 0.1) is 0 Å². The van der Waals surface area contributed by atoms with Gasteiger partial charge < -0.3 is 20.5 Å². The molecule has 0 aromatic heterocycles. The van der Waals surface area contributed by atoms with Crippen LogP contribution in [-0.2, 0) is 4.79 Å². The van der Waals surface area contributed by atoms with Crippen molar-refractivity contribution in [1.29, 1.82) is 0 Å². The van der Waals surface area contributed by atoms with Crippen LogP contribution in [0.15, 0.2) is 60.7 Å². The van der Waals surface area contributed by atoms with Crippen LogP contribution < -0.4 is 0 Å². The van der Waals surface area contributed by atoms with Crippen molar-refractivity contribution in [3.8, 4) is 0 Å². The predicted octanol–water partition coefficient (Wildman–Crippen LogP) is 2.20. The summed E-state index contributed by atoms with van der Waals surface area (Å²) in [6, 6.07) is 18.3. The minimum absolute atomic E-state index is 0.721. The standard InChI is InChI=1S/C14H14O2.C2H4O2.HNO3/c15-13(11-7-3-1-4-8-11)14(16)12-9-5-2-6-10-12;1-2(3)4;2-1(3)4/h1-10,13-16H;1H3,(H,3,4);(H,2,3,4). The number of hydrogen-bond acceptors (Lipinski definition) is 5. The van der Waals surface area contributed by atoms with E-state index >= 15 is 0 Å². The van der Waals surface area contributed by atoms with Crippen LogP contribution >= 0.6 is 0 Å². The van der Waals surface area contributed by atoms with Gasteiger partial charge in [0.2, 0.25) is 0 Å².